The molecule has 11 nitrogen and oxygen atoms in total. The van der Waals surface area contributed by atoms with E-state index in [0.29, 0.717) is 30.6 Å². The molecule has 2 aliphatic rings. The van der Waals surface area contributed by atoms with Crippen molar-refractivity contribution in [3.05, 3.63) is 78.4 Å². The van der Waals surface area contributed by atoms with Crippen LogP contribution in [-0.4, -0.2) is 96.6 Å². The van der Waals surface area contributed by atoms with Gasteiger partial charge in [-0.15, -0.1) is 0 Å². The summed E-state index contributed by atoms with van der Waals surface area (Å²) in [5, 5.41) is 22.6. The molecule has 6 atom stereocenters. The van der Waals surface area contributed by atoms with Crippen LogP contribution in [0.5, 0.6) is 5.75 Å². The summed E-state index contributed by atoms with van der Waals surface area (Å²) in [6, 6.07) is 19.7. The molecule has 5 rings (SSSR count). The van der Waals surface area contributed by atoms with E-state index in [1.165, 1.54) is 13.8 Å². The maximum Gasteiger partial charge on any atom is 0.258 e. The zero-order valence-corrected chi connectivity index (χ0v) is 33.3. The van der Waals surface area contributed by atoms with E-state index in [1.807, 2.05) is 81.4 Å². The van der Waals surface area contributed by atoms with Gasteiger partial charge in [0.15, 0.2) is 16.4 Å². The van der Waals surface area contributed by atoms with Gasteiger partial charge < -0.3 is 25.8 Å². The first-order valence-corrected chi connectivity index (χ1v) is 21.0. The number of benzene rings is 3. The third-order valence-electron chi connectivity index (χ3n) is 11.1. The fourth-order valence-corrected chi connectivity index (χ4v) is 8.38. The average molecular weight is 763 g/mol. The van der Waals surface area contributed by atoms with Crippen LogP contribution in [-0.2, 0) is 30.6 Å². The summed E-state index contributed by atoms with van der Waals surface area (Å²) in [6.45, 7) is 8.97. The molecule has 2 fully saturated rings. The van der Waals surface area contributed by atoms with Crippen LogP contribution in [0.15, 0.2) is 72.8 Å². The lowest BCUT2D eigenvalue weighted by Gasteiger charge is -2.47. The molecule has 3 amide bonds. The number of hydrogen-bond acceptors (Lipinski definition) is 8. The summed E-state index contributed by atoms with van der Waals surface area (Å²) in [6.07, 6.45) is 5.28. The van der Waals surface area contributed by atoms with Crippen LogP contribution in [0.3, 0.4) is 0 Å². The van der Waals surface area contributed by atoms with Crippen molar-refractivity contribution in [3.8, 4) is 5.75 Å². The summed E-state index contributed by atoms with van der Waals surface area (Å²) < 4.78 is 30.3. The molecule has 0 aromatic heterocycles. The quantitative estimate of drug-likeness (QED) is 0.189. The highest BCUT2D eigenvalue weighted by atomic mass is 32.2. The SMILES string of the molecule is CC(C)(C)NC(=O)[C@@H]1C[C@@H]2CCCC[C@@H]2CN1C[C@@H](O)[C@H](Cc1ccccc1)NC(=O)[C@@H](NC(=O)COc1ccc2ccccc2c1)C(C)(C)S(C)(=O)=O. The van der Waals surface area contributed by atoms with Crippen LogP contribution < -0.4 is 20.7 Å². The van der Waals surface area contributed by atoms with Gasteiger partial charge in [-0.05, 0) is 94.2 Å². The highest BCUT2D eigenvalue weighted by Crippen LogP contribution is 2.39. The Bertz CT molecular complexity index is 1880. The number of carbonyl (C=O) groups excluding carboxylic acids is 3. The summed E-state index contributed by atoms with van der Waals surface area (Å²) in [7, 11) is -3.90. The molecule has 3 aromatic carbocycles. The van der Waals surface area contributed by atoms with E-state index in [2.05, 4.69) is 20.9 Å². The molecule has 0 unspecified atom stereocenters. The van der Waals surface area contributed by atoms with Crippen LogP contribution in [0.1, 0.15) is 72.3 Å². The first-order valence-electron chi connectivity index (χ1n) is 19.1. The minimum absolute atomic E-state index is 0.0778. The maximum atomic E-state index is 14.3. The number of aliphatic hydroxyl groups is 1. The molecule has 1 aliphatic carbocycles. The molecule has 0 radical (unpaired) electrons. The van der Waals surface area contributed by atoms with Gasteiger partial charge in [0.1, 0.15) is 11.8 Å². The largest absolute Gasteiger partial charge is 0.484 e. The number of rotatable bonds is 14. The van der Waals surface area contributed by atoms with Crippen molar-refractivity contribution in [3.63, 3.8) is 0 Å². The number of β-amino-alcohol motifs (C(OH)–C–C–N with tert-alkyl or cyclic N) is 1. The number of sulfone groups is 1. The molecule has 294 valence electrons. The van der Waals surface area contributed by atoms with Crippen LogP contribution >= 0.6 is 0 Å². The first kappa shape index (κ1) is 41.2. The smallest absolute Gasteiger partial charge is 0.258 e. The minimum Gasteiger partial charge on any atom is -0.484 e. The van der Waals surface area contributed by atoms with Crippen molar-refractivity contribution in [2.45, 2.75) is 108 Å². The monoisotopic (exact) mass is 762 g/mol. The van der Waals surface area contributed by atoms with Crippen molar-refractivity contribution >= 4 is 38.3 Å². The second-order valence-electron chi connectivity index (χ2n) is 16.8. The number of aliphatic hydroxyl groups excluding tert-OH is 1. The number of amides is 3. The van der Waals surface area contributed by atoms with Gasteiger partial charge in [0.05, 0.1) is 22.9 Å². The standard InChI is InChI=1S/C42H58N4O7S/c1-41(2,3)45-39(49)35-24-31-18-12-13-19-32(31)25-46(35)26-36(47)34(22-28-14-8-7-9-15-28)43-40(50)38(42(4,5)54(6,51)52)44-37(48)27-53-33-21-20-29-16-10-11-17-30(29)23-33/h7-11,14-17,20-21,23,31-32,34-36,38,47H,12-13,18-19,22,24-27H2,1-6H3,(H,43,50)(H,44,48)(H,45,49)/t31-,32+,34-,35-,36+,38+/m0/s1. The predicted molar refractivity (Wildman–Crippen MR) is 212 cm³/mol. The summed E-state index contributed by atoms with van der Waals surface area (Å²) in [5.74, 6) is -0.203. The van der Waals surface area contributed by atoms with Crippen LogP contribution in [0.25, 0.3) is 10.8 Å². The highest BCUT2D eigenvalue weighted by Gasteiger charge is 2.46. The van der Waals surface area contributed by atoms with Gasteiger partial charge in [-0.2, -0.15) is 0 Å². The topological polar surface area (TPSA) is 154 Å². The van der Waals surface area contributed by atoms with E-state index >= 15 is 0 Å². The maximum absolute atomic E-state index is 14.3. The van der Waals surface area contributed by atoms with E-state index in [1.54, 1.807) is 12.1 Å². The Morgan fingerprint density at radius 3 is 2.20 bits per heavy atom. The number of nitrogens with one attached hydrogen (secondary N) is 3. The number of fused-ring (bicyclic) bond motifs is 2. The molecule has 1 saturated heterocycles. The Morgan fingerprint density at radius 1 is 0.889 bits per heavy atom. The Labute approximate surface area is 320 Å². The van der Waals surface area contributed by atoms with Gasteiger partial charge in [-0.1, -0.05) is 79.9 Å². The van der Waals surface area contributed by atoms with E-state index in [0.717, 1.165) is 48.3 Å². The molecule has 0 spiro atoms. The lowest BCUT2D eigenvalue weighted by Crippen LogP contribution is -2.64. The summed E-state index contributed by atoms with van der Waals surface area (Å²) >= 11 is 0. The number of carbonyl (C=O) groups is 3. The zero-order valence-electron chi connectivity index (χ0n) is 32.5. The van der Waals surface area contributed by atoms with Crippen LogP contribution in [0.2, 0.25) is 0 Å². The fourth-order valence-electron chi connectivity index (χ4n) is 7.79. The molecule has 0 bridgehead atoms. The van der Waals surface area contributed by atoms with Gasteiger partial charge in [-0.25, -0.2) is 8.42 Å². The molecule has 3 aromatic rings. The molecular formula is C42H58N4O7S. The summed E-state index contributed by atoms with van der Waals surface area (Å²) in [4.78, 5) is 43.4. The van der Waals surface area contributed by atoms with E-state index < -0.39 is 62.8 Å². The molecular weight excluding hydrogens is 705 g/mol. The molecule has 1 heterocycles. The van der Waals surface area contributed by atoms with Crippen LogP contribution in [0.4, 0.5) is 0 Å². The van der Waals surface area contributed by atoms with Crippen molar-refractivity contribution in [1.29, 1.82) is 0 Å². The molecule has 1 saturated carbocycles. The lowest BCUT2D eigenvalue weighted by molar-refractivity contribution is -0.133. The number of ether oxygens (including phenoxy) is 1. The van der Waals surface area contributed by atoms with Crippen molar-refractivity contribution in [1.82, 2.24) is 20.9 Å². The van der Waals surface area contributed by atoms with Gasteiger partial charge in [0.2, 0.25) is 11.8 Å². The Kier molecular flexibility index (Phi) is 13.1. The number of hydrogen-bond donors (Lipinski definition) is 4. The van der Waals surface area contributed by atoms with Gasteiger partial charge in [-0.3, -0.25) is 19.3 Å². The van der Waals surface area contributed by atoms with Crippen molar-refractivity contribution < 1.29 is 32.6 Å². The Balaban J connectivity index is 1.36. The Hall–Kier alpha value is -4.00. The van der Waals surface area contributed by atoms with Crippen LogP contribution in [0, 0.1) is 11.8 Å². The first-order chi connectivity index (χ1) is 25.4. The van der Waals surface area contributed by atoms with Crippen molar-refractivity contribution in [2.24, 2.45) is 11.8 Å². The van der Waals surface area contributed by atoms with E-state index in [9.17, 15) is 27.9 Å². The molecule has 54 heavy (non-hydrogen) atoms. The second-order valence-corrected chi connectivity index (χ2v) is 19.4. The van der Waals surface area contributed by atoms with Gasteiger partial charge in [0.25, 0.3) is 5.91 Å². The number of likely N-dealkylation sites (tertiary alicyclic amines) is 1. The fraction of sp³-hybridized carbons (Fsp3) is 0.548. The molecule has 4 N–H and O–H groups in total. The normalized spacial score (nSPS) is 21.3. The average Bonchev–Trinajstić information content (AvgIpc) is 3.11. The third kappa shape index (κ3) is 10.6. The third-order valence-corrected chi connectivity index (χ3v) is 13.3. The second kappa shape index (κ2) is 17.2. The predicted octanol–water partition coefficient (Wildman–Crippen LogP) is 4.41. The highest BCUT2D eigenvalue weighted by molar-refractivity contribution is 7.92. The van der Waals surface area contributed by atoms with Gasteiger partial charge >= 0.3 is 0 Å². The number of nitrogens with zero attached hydrogens (tertiary/aromatic N) is 1. The molecule has 1 aliphatic heterocycles. The zero-order chi connectivity index (χ0) is 39.3. The summed E-state index contributed by atoms with van der Waals surface area (Å²) in [5.41, 5.74) is 0.419. The van der Waals surface area contributed by atoms with Crippen molar-refractivity contribution in [2.75, 3.05) is 26.0 Å². The van der Waals surface area contributed by atoms with E-state index in [-0.39, 0.29) is 18.9 Å². The number of piperidine rings is 1. The minimum atomic E-state index is -3.90. The Morgan fingerprint density at radius 2 is 1.54 bits per heavy atom. The van der Waals surface area contributed by atoms with E-state index in [4.69, 9.17) is 4.74 Å². The molecule has 12 heteroatoms. The van der Waals surface area contributed by atoms with Gasteiger partial charge in [0, 0.05) is 24.9 Å². The lowest BCUT2D eigenvalue weighted by atomic mass is 9.72.